The Kier molecular flexibility index (Phi) is 5.15. The number of rotatable bonds is 4. The molecule has 2 aromatic rings. The first-order chi connectivity index (χ1) is 13.8. The molecular formula is C21H17N3O5. The monoisotopic (exact) mass is 391 g/mol. The number of amides is 2. The molecule has 1 aromatic carbocycles. The SMILES string of the molecule is CC1=C(C#N)C(=O)N(C(C)C)C(=O)/C1=C/c1ccc(-c2ccccc2[N+](=O)[O-])o1. The molecule has 0 fully saturated rings. The van der Waals surface area contributed by atoms with Gasteiger partial charge in [-0.1, -0.05) is 12.1 Å². The number of carbonyl (C=O) groups excluding carboxylic acids is 2. The van der Waals surface area contributed by atoms with Gasteiger partial charge >= 0.3 is 0 Å². The molecule has 0 bridgehead atoms. The normalized spacial score (nSPS) is 16.0. The van der Waals surface area contributed by atoms with Crippen LogP contribution in [0.4, 0.5) is 5.69 Å². The van der Waals surface area contributed by atoms with Crippen LogP contribution in [-0.2, 0) is 9.59 Å². The summed E-state index contributed by atoms with van der Waals surface area (Å²) in [5.41, 5.74) is 0.534. The first kappa shape index (κ1) is 19.8. The minimum absolute atomic E-state index is 0.102. The van der Waals surface area contributed by atoms with Crippen LogP contribution in [0.1, 0.15) is 26.5 Å². The Bertz CT molecular complexity index is 1130. The summed E-state index contributed by atoms with van der Waals surface area (Å²) in [6.45, 7) is 4.90. The number of nitro groups is 1. The van der Waals surface area contributed by atoms with Crippen LogP contribution in [0.2, 0.25) is 0 Å². The van der Waals surface area contributed by atoms with Gasteiger partial charge in [0.15, 0.2) is 0 Å². The molecule has 0 atom stereocenters. The molecule has 3 rings (SSSR count). The Labute approximate surface area is 166 Å². The van der Waals surface area contributed by atoms with E-state index in [0.29, 0.717) is 5.56 Å². The standard InChI is InChI=1S/C21H17N3O5/c1-12(2)23-20(25)16(13(3)17(11-22)21(23)26)10-14-8-9-19(29-14)15-6-4-5-7-18(15)24(27)28/h4-10,12H,1-3H3/b16-10+. The van der Waals surface area contributed by atoms with E-state index in [0.717, 1.165) is 4.90 Å². The quantitative estimate of drug-likeness (QED) is 0.338. The van der Waals surface area contributed by atoms with Gasteiger partial charge in [0.25, 0.3) is 17.5 Å². The number of benzene rings is 1. The number of nitrogens with zero attached hydrogens (tertiary/aromatic N) is 3. The summed E-state index contributed by atoms with van der Waals surface area (Å²) < 4.78 is 5.71. The third-order valence-electron chi connectivity index (χ3n) is 4.57. The van der Waals surface area contributed by atoms with Gasteiger partial charge in [-0.25, -0.2) is 0 Å². The summed E-state index contributed by atoms with van der Waals surface area (Å²) >= 11 is 0. The van der Waals surface area contributed by atoms with Crippen LogP contribution in [-0.4, -0.2) is 27.7 Å². The second-order valence-electron chi connectivity index (χ2n) is 6.72. The third-order valence-corrected chi connectivity index (χ3v) is 4.57. The van der Waals surface area contributed by atoms with Crippen molar-refractivity contribution >= 4 is 23.6 Å². The van der Waals surface area contributed by atoms with Gasteiger partial charge in [-0.15, -0.1) is 0 Å². The molecule has 8 heteroatoms. The average Bonchev–Trinajstić information content (AvgIpc) is 3.14. The molecule has 0 saturated heterocycles. The minimum atomic E-state index is -0.623. The number of hydrogen-bond acceptors (Lipinski definition) is 6. The summed E-state index contributed by atoms with van der Waals surface area (Å²) in [5, 5.41) is 20.6. The van der Waals surface area contributed by atoms with Gasteiger partial charge in [0.1, 0.15) is 23.2 Å². The van der Waals surface area contributed by atoms with E-state index in [1.54, 1.807) is 44.2 Å². The van der Waals surface area contributed by atoms with Gasteiger partial charge in [-0.05, 0) is 50.6 Å². The maximum atomic E-state index is 12.8. The molecule has 0 aliphatic carbocycles. The van der Waals surface area contributed by atoms with Gasteiger partial charge in [-0.3, -0.25) is 24.6 Å². The summed E-state index contributed by atoms with van der Waals surface area (Å²) in [6.07, 6.45) is 1.44. The summed E-state index contributed by atoms with van der Waals surface area (Å²) in [5.74, 6) is -0.602. The Hall–Kier alpha value is -3.99. The smallest absolute Gasteiger partial charge is 0.280 e. The lowest BCUT2D eigenvalue weighted by molar-refractivity contribution is -0.384. The molecule has 1 aliphatic rings. The highest BCUT2D eigenvalue weighted by atomic mass is 16.6. The van der Waals surface area contributed by atoms with Crippen LogP contribution in [0.25, 0.3) is 17.4 Å². The van der Waals surface area contributed by atoms with Crippen molar-refractivity contribution in [1.29, 1.82) is 5.26 Å². The van der Waals surface area contributed by atoms with E-state index in [1.165, 1.54) is 19.1 Å². The van der Waals surface area contributed by atoms with Crippen molar-refractivity contribution in [3.8, 4) is 17.4 Å². The fraction of sp³-hybridized carbons (Fsp3) is 0.190. The topological polar surface area (TPSA) is 117 Å². The lowest BCUT2D eigenvalue weighted by atomic mass is 9.94. The summed E-state index contributed by atoms with van der Waals surface area (Å²) in [6, 6.07) is 10.7. The van der Waals surface area contributed by atoms with Gasteiger partial charge < -0.3 is 4.42 Å². The van der Waals surface area contributed by atoms with E-state index in [1.807, 2.05) is 6.07 Å². The van der Waals surface area contributed by atoms with Crippen LogP contribution in [0, 0.1) is 21.4 Å². The van der Waals surface area contributed by atoms with Gasteiger partial charge in [0.2, 0.25) is 0 Å². The number of nitro benzene ring substituents is 1. The Morgan fingerprint density at radius 3 is 2.48 bits per heavy atom. The van der Waals surface area contributed by atoms with Crippen LogP contribution < -0.4 is 0 Å². The molecule has 8 nitrogen and oxygen atoms in total. The van der Waals surface area contributed by atoms with Crippen molar-refractivity contribution in [2.45, 2.75) is 26.8 Å². The first-order valence-electron chi connectivity index (χ1n) is 8.80. The fourth-order valence-electron chi connectivity index (χ4n) is 3.13. The van der Waals surface area contributed by atoms with Crippen molar-refractivity contribution in [2.75, 3.05) is 0 Å². The van der Waals surface area contributed by atoms with Crippen molar-refractivity contribution in [3.05, 3.63) is 69.0 Å². The van der Waals surface area contributed by atoms with E-state index in [2.05, 4.69) is 0 Å². The summed E-state index contributed by atoms with van der Waals surface area (Å²) in [7, 11) is 0. The fourth-order valence-corrected chi connectivity index (χ4v) is 3.13. The molecular weight excluding hydrogens is 374 g/mol. The molecule has 2 amide bonds. The highest BCUT2D eigenvalue weighted by molar-refractivity contribution is 6.19. The number of hydrogen-bond donors (Lipinski definition) is 0. The van der Waals surface area contributed by atoms with E-state index < -0.39 is 22.8 Å². The first-order valence-corrected chi connectivity index (χ1v) is 8.80. The molecule has 0 N–H and O–H groups in total. The van der Waals surface area contributed by atoms with Crippen molar-refractivity contribution < 1.29 is 18.9 Å². The number of para-hydroxylation sites is 1. The lowest BCUT2D eigenvalue weighted by Gasteiger charge is -2.30. The molecule has 0 saturated carbocycles. The van der Waals surface area contributed by atoms with E-state index in [4.69, 9.17) is 4.42 Å². The van der Waals surface area contributed by atoms with Crippen molar-refractivity contribution in [3.63, 3.8) is 0 Å². The highest BCUT2D eigenvalue weighted by Gasteiger charge is 2.37. The number of imide groups is 1. The van der Waals surface area contributed by atoms with Gasteiger partial charge in [0.05, 0.1) is 10.5 Å². The molecule has 0 radical (unpaired) electrons. The van der Waals surface area contributed by atoms with Gasteiger partial charge in [0, 0.05) is 17.7 Å². The Balaban J connectivity index is 2.09. The largest absolute Gasteiger partial charge is 0.456 e. The number of nitriles is 1. The van der Waals surface area contributed by atoms with Crippen LogP contribution >= 0.6 is 0 Å². The second kappa shape index (κ2) is 7.56. The number of carbonyl (C=O) groups is 2. The zero-order chi connectivity index (χ0) is 21.3. The second-order valence-corrected chi connectivity index (χ2v) is 6.72. The Morgan fingerprint density at radius 1 is 1.17 bits per heavy atom. The average molecular weight is 391 g/mol. The van der Waals surface area contributed by atoms with Crippen LogP contribution in [0.5, 0.6) is 0 Å². The van der Waals surface area contributed by atoms with E-state index >= 15 is 0 Å². The molecule has 29 heavy (non-hydrogen) atoms. The van der Waals surface area contributed by atoms with Crippen molar-refractivity contribution in [2.24, 2.45) is 0 Å². The lowest BCUT2D eigenvalue weighted by Crippen LogP contribution is -2.46. The third kappa shape index (κ3) is 3.46. The van der Waals surface area contributed by atoms with Crippen LogP contribution in [0.3, 0.4) is 0 Å². The Morgan fingerprint density at radius 2 is 1.86 bits per heavy atom. The molecule has 146 valence electrons. The molecule has 2 heterocycles. The van der Waals surface area contributed by atoms with E-state index in [-0.39, 0.29) is 33.9 Å². The molecule has 1 aromatic heterocycles. The number of furan rings is 1. The molecule has 0 unspecified atom stereocenters. The highest BCUT2D eigenvalue weighted by Crippen LogP contribution is 2.33. The molecule has 1 aliphatic heterocycles. The van der Waals surface area contributed by atoms with Gasteiger partial charge in [-0.2, -0.15) is 5.26 Å². The van der Waals surface area contributed by atoms with Crippen molar-refractivity contribution in [1.82, 2.24) is 4.90 Å². The van der Waals surface area contributed by atoms with Crippen LogP contribution in [0.15, 0.2) is 57.5 Å². The maximum absolute atomic E-state index is 12.8. The van der Waals surface area contributed by atoms with E-state index in [9.17, 15) is 25.0 Å². The minimum Gasteiger partial charge on any atom is -0.456 e. The summed E-state index contributed by atoms with van der Waals surface area (Å²) in [4.78, 5) is 37.0. The maximum Gasteiger partial charge on any atom is 0.280 e. The zero-order valence-electron chi connectivity index (χ0n) is 16.0. The predicted molar refractivity (Wildman–Crippen MR) is 104 cm³/mol. The predicted octanol–water partition coefficient (Wildman–Crippen LogP) is 3.86. The zero-order valence-corrected chi connectivity index (χ0v) is 16.0. The molecule has 0 spiro atoms.